The van der Waals surface area contributed by atoms with E-state index in [9.17, 15) is 14.4 Å². The van der Waals surface area contributed by atoms with Gasteiger partial charge in [0.15, 0.2) is 11.6 Å². The average molecular weight is 957 g/mol. The predicted octanol–water partition coefficient (Wildman–Crippen LogP) is 2.45. The van der Waals surface area contributed by atoms with Crippen molar-refractivity contribution in [3.05, 3.63) is 71.6 Å². The second-order valence-electron chi connectivity index (χ2n) is 14.6. The van der Waals surface area contributed by atoms with Crippen LogP contribution in [0.3, 0.4) is 0 Å². The van der Waals surface area contributed by atoms with Crippen LogP contribution >= 0.6 is 22.6 Å². The van der Waals surface area contributed by atoms with Crippen molar-refractivity contribution in [3.8, 4) is 11.6 Å². The van der Waals surface area contributed by atoms with Gasteiger partial charge in [0.25, 0.3) is 11.7 Å². The highest BCUT2D eigenvalue weighted by Crippen LogP contribution is 2.32. The lowest BCUT2D eigenvalue weighted by molar-refractivity contribution is -0.126. The van der Waals surface area contributed by atoms with Gasteiger partial charge in [-0.1, -0.05) is 52.9 Å². The summed E-state index contributed by atoms with van der Waals surface area (Å²) in [4.78, 5) is 58.4. The van der Waals surface area contributed by atoms with Crippen LogP contribution in [0.1, 0.15) is 41.0 Å². The number of H-pyrrole nitrogens is 1. The van der Waals surface area contributed by atoms with Gasteiger partial charge in [0.2, 0.25) is 5.91 Å². The third kappa shape index (κ3) is 13.2. The van der Waals surface area contributed by atoms with E-state index in [1.807, 2.05) is 30.3 Å². The quantitative estimate of drug-likeness (QED) is 0.0304. The fourth-order valence-corrected chi connectivity index (χ4v) is 7.61. The highest BCUT2D eigenvalue weighted by molar-refractivity contribution is 14.1. The molecule has 0 aliphatic carbocycles. The fraction of sp³-hybridized carbons (Fsp3) is 0.524. The minimum atomic E-state index is -0.658. The Kier molecular flexibility index (Phi) is 18.3. The number of alkyl halides is 1. The number of halogens is 1. The number of hydrogen-bond acceptors (Lipinski definition) is 14. The number of methoxy groups -OCH3 is 1. The zero-order valence-electron chi connectivity index (χ0n) is 34.8. The molecule has 0 saturated carbocycles. The van der Waals surface area contributed by atoms with Crippen LogP contribution in [0.25, 0.3) is 22.4 Å². The minimum absolute atomic E-state index is 0.00493. The van der Waals surface area contributed by atoms with E-state index in [0.29, 0.717) is 112 Å². The molecular weight excluding hydrogens is 899 g/mol. The fourth-order valence-electron chi connectivity index (χ4n) is 7.30. The molecule has 2 aliphatic heterocycles. The zero-order chi connectivity index (χ0) is 42.8. The van der Waals surface area contributed by atoms with E-state index >= 15 is 0 Å². The number of nitrogens with two attached hydrogens (primary N) is 1. The van der Waals surface area contributed by atoms with Crippen molar-refractivity contribution in [1.82, 2.24) is 44.7 Å². The molecule has 6 rings (SSSR count). The van der Waals surface area contributed by atoms with E-state index in [2.05, 4.69) is 57.8 Å². The Labute approximate surface area is 369 Å². The number of Topliss-reactive ketones (excluding diaryl/α,β-unsaturated/α-hetero) is 1. The minimum Gasteiger partial charge on any atom is -0.494 e. The number of likely N-dealkylation sites (tertiary alicyclic amines) is 1. The molecule has 4 N–H and O–H groups in total. The Hall–Kier alpha value is -4.51. The number of pyridine rings is 1. The average Bonchev–Trinajstić information content (AvgIpc) is 3.96. The van der Waals surface area contributed by atoms with E-state index in [1.165, 1.54) is 30.5 Å². The number of benzene rings is 1. The van der Waals surface area contributed by atoms with Crippen molar-refractivity contribution in [2.75, 3.05) is 117 Å². The van der Waals surface area contributed by atoms with Crippen LogP contribution in [0.4, 0.5) is 0 Å². The second kappa shape index (κ2) is 24.2. The van der Waals surface area contributed by atoms with Crippen LogP contribution in [0.2, 0.25) is 0 Å². The maximum atomic E-state index is 13.7. The van der Waals surface area contributed by atoms with Gasteiger partial charge in [-0.25, -0.2) is 14.6 Å². The normalized spacial score (nSPS) is 15.0. The molecule has 0 unspecified atom stereocenters. The molecule has 19 heteroatoms. The number of rotatable bonds is 24. The van der Waals surface area contributed by atoms with E-state index in [4.69, 9.17) is 29.4 Å². The SMILES string of the molecule is COc1cnc(-n2cnc(CC(=O)NCCCN3CCN(CCOCCOCCOCCOCI)CC3)n2)c2[nH]cc(C(=O)C(=O)N3CCC(=C(N)c4ccccc4)CC3)c12. The first-order valence-electron chi connectivity index (χ1n) is 20.8. The lowest BCUT2D eigenvalue weighted by Gasteiger charge is -2.34. The maximum Gasteiger partial charge on any atom is 0.295 e. The number of nitrogens with zero attached hydrogens (tertiary/aromatic N) is 7. The summed E-state index contributed by atoms with van der Waals surface area (Å²) in [6, 6.07) is 9.74. The number of fused-ring (bicyclic) bond motifs is 1. The molecule has 0 radical (unpaired) electrons. The Bertz CT molecular complexity index is 2040. The summed E-state index contributed by atoms with van der Waals surface area (Å²) in [6.45, 7) is 11.1. The van der Waals surface area contributed by atoms with Crippen molar-refractivity contribution < 1.29 is 38.1 Å². The van der Waals surface area contributed by atoms with Crippen LogP contribution in [0.15, 0.2) is 54.6 Å². The molecule has 1 aromatic carbocycles. The lowest BCUT2D eigenvalue weighted by Crippen LogP contribution is -2.47. The van der Waals surface area contributed by atoms with Crippen molar-refractivity contribution >= 4 is 56.8 Å². The van der Waals surface area contributed by atoms with Crippen LogP contribution in [-0.2, 0) is 35.0 Å². The van der Waals surface area contributed by atoms with Gasteiger partial charge in [0.05, 0.1) is 87.1 Å². The highest BCUT2D eigenvalue weighted by atomic mass is 127. The monoisotopic (exact) mass is 956 g/mol. The number of amides is 2. The largest absolute Gasteiger partial charge is 0.494 e. The van der Waals surface area contributed by atoms with Crippen molar-refractivity contribution in [2.45, 2.75) is 25.7 Å². The zero-order valence-corrected chi connectivity index (χ0v) is 37.0. The number of piperidine rings is 1. The van der Waals surface area contributed by atoms with Gasteiger partial charge < -0.3 is 49.5 Å². The van der Waals surface area contributed by atoms with Crippen molar-refractivity contribution in [2.24, 2.45) is 5.73 Å². The van der Waals surface area contributed by atoms with Crippen molar-refractivity contribution in [3.63, 3.8) is 0 Å². The molecule has 4 aromatic rings. The first-order chi connectivity index (χ1) is 29.9. The Morgan fingerprint density at radius 1 is 0.852 bits per heavy atom. The van der Waals surface area contributed by atoms with Gasteiger partial charge in [0.1, 0.15) is 12.1 Å². The lowest BCUT2D eigenvalue weighted by atomic mass is 9.97. The van der Waals surface area contributed by atoms with Crippen LogP contribution in [-0.4, -0.2) is 174 Å². The van der Waals surface area contributed by atoms with E-state index < -0.39 is 11.7 Å². The summed E-state index contributed by atoms with van der Waals surface area (Å²) in [6.07, 6.45) is 6.43. The summed E-state index contributed by atoms with van der Waals surface area (Å²) in [5.41, 5.74) is 9.78. The molecule has 61 heavy (non-hydrogen) atoms. The molecule has 0 spiro atoms. The van der Waals surface area contributed by atoms with Gasteiger partial charge in [-0.15, -0.1) is 5.10 Å². The smallest absolute Gasteiger partial charge is 0.295 e. The number of nitrogens with one attached hydrogen (secondary N) is 2. The van der Waals surface area contributed by atoms with Crippen LogP contribution < -0.4 is 15.8 Å². The van der Waals surface area contributed by atoms with Gasteiger partial charge in [-0.05, 0) is 36.9 Å². The number of piperazine rings is 1. The van der Waals surface area contributed by atoms with E-state index in [-0.39, 0.29) is 17.9 Å². The van der Waals surface area contributed by atoms with Gasteiger partial charge >= 0.3 is 0 Å². The number of carbonyl (C=O) groups is 3. The molecule has 2 aliphatic rings. The summed E-state index contributed by atoms with van der Waals surface area (Å²) >= 11 is 2.16. The molecule has 330 valence electrons. The number of aromatic amines is 1. The van der Waals surface area contributed by atoms with Gasteiger partial charge in [0, 0.05) is 64.3 Å². The second-order valence-corrected chi connectivity index (χ2v) is 15.3. The first-order valence-corrected chi connectivity index (χ1v) is 22.3. The molecule has 2 fully saturated rings. The molecule has 0 bridgehead atoms. The number of ketones is 1. The Morgan fingerprint density at radius 2 is 1.51 bits per heavy atom. The molecule has 0 atom stereocenters. The molecular formula is C42H57IN10O8. The van der Waals surface area contributed by atoms with Gasteiger partial charge in [-0.2, -0.15) is 0 Å². The summed E-state index contributed by atoms with van der Waals surface area (Å²) in [5.74, 6) is -0.451. The first kappa shape index (κ1) is 46.0. The molecule has 5 heterocycles. The predicted molar refractivity (Wildman–Crippen MR) is 237 cm³/mol. The van der Waals surface area contributed by atoms with Crippen LogP contribution in [0.5, 0.6) is 5.75 Å². The number of carbonyl (C=O) groups excluding carboxylic acids is 3. The Morgan fingerprint density at radius 3 is 2.18 bits per heavy atom. The molecule has 18 nitrogen and oxygen atoms in total. The maximum absolute atomic E-state index is 13.7. The third-order valence-electron chi connectivity index (χ3n) is 10.7. The number of aromatic nitrogens is 5. The summed E-state index contributed by atoms with van der Waals surface area (Å²) in [5, 5.41) is 7.90. The third-order valence-corrected chi connectivity index (χ3v) is 11.1. The topological polar surface area (TPSA) is 205 Å². The van der Waals surface area contributed by atoms with Crippen molar-refractivity contribution in [1.29, 1.82) is 0 Å². The van der Waals surface area contributed by atoms with E-state index in [1.54, 1.807) is 4.90 Å². The van der Waals surface area contributed by atoms with Gasteiger partial charge in [-0.3, -0.25) is 19.3 Å². The summed E-state index contributed by atoms with van der Waals surface area (Å²) < 4.78 is 29.6. The number of hydrogen-bond donors (Lipinski definition) is 3. The molecule has 3 aromatic heterocycles. The highest BCUT2D eigenvalue weighted by Gasteiger charge is 2.30. The Balaban J connectivity index is 0.897. The van der Waals surface area contributed by atoms with E-state index in [0.717, 1.165) is 62.5 Å². The standard InChI is InChI=1S/C42H57IN10O8/c1-57-34-28-47-41(39-37(34)33(27-46-39)40(55)42(56)52-12-8-32(9-13-52)38(44)31-6-3-2-4-7-31)53-30-48-35(49-53)26-36(54)45-10-5-11-50-14-16-51(17-15-50)18-19-58-20-21-59-22-23-60-24-25-61-29-43/h2-4,6-7,27-28,30,46H,5,8-26,29,44H2,1H3,(H,45,54). The molecule has 2 amide bonds. The molecule has 2 saturated heterocycles. The number of ether oxygens (including phenoxy) is 5. The summed E-state index contributed by atoms with van der Waals surface area (Å²) in [7, 11) is 1.48. The van der Waals surface area contributed by atoms with Crippen LogP contribution in [0, 0.1) is 0 Å².